The summed E-state index contributed by atoms with van der Waals surface area (Å²) in [5.74, 6) is -0.779. The molecule has 9 heteroatoms. The molecular weight excluding hydrogens is 558 g/mol. The molecule has 0 saturated heterocycles. The molecule has 0 unspecified atom stereocenters. The standard InChI is InChI=1S/C32H40ClN3O4S/c1-6-8-19-34-32(38)29(7-2)35(21-26-11-9-10-12-28(26)33)31(37)22-36(30-18-15-24(4)20-25(30)5)41(39,40)27-16-13-23(3)14-17-27/h9-18,20,29H,6-8,19,21-22H2,1-5H3,(H,34,38)/t29-/m1/s1. The van der Waals surface area contributed by atoms with Crippen molar-refractivity contribution < 1.29 is 18.0 Å². The van der Waals surface area contributed by atoms with Gasteiger partial charge in [-0.05, 0) is 69.0 Å². The lowest BCUT2D eigenvalue weighted by Gasteiger charge is -2.33. The number of anilines is 1. The summed E-state index contributed by atoms with van der Waals surface area (Å²) in [6, 6.07) is 18.3. The van der Waals surface area contributed by atoms with Gasteiger partial charge in [0.25, 0.3) is 10.0 Å². The zero-order chi connectivity index (χ0) is 30.2. The normalized spacial score (nSPS) is 12.0. The molecule has 0 fully saturated rings. The van der Waals surface area contributed by atoms with E-state index < -0.39 is 28.5 Å². The number of rotatable bonds is 13. The number of aryl methyl sites for hydroxylation is 3. The summed E-state index contributed by atoms with van der Waals surface area (Å²) in [7, 11) is -4.13. The monoisotopic (exact) mass is 597 g/mol. The smallest absolute Gasteiger partial charge is 0.264 e. The molecule has 1 N–H and O–H groups in total. The SMILES string of the molecule is CCCCNC(=O)[C@@H](CC)N(Cc1ccccc1Cl)C(=O)CN(c1ccc(C)cc1C)S(=O)(=O)c1ccc(C)cc1. The van der Waals surface area contributed by atoms with Crippen molar-refractivity contribution in [3.63, 3.8) is 0 Å². The van der Waals surface area contributed by atoms with E-state index in [0.29, 0.717) is 29.2 Å². The van der Waals surface area contributed by atoms with E-state index in [-0.39, 0.29) is 17.3 Å². The molecule has 3 rings (SSSR count). The molecule has 0 aliphatic heterocycles. The molecule has 7 nitrogen and oxygen atoms in total. The number of carbonyl (C=O) groups excluding carboxylic acids is 2. The second kappa shape index (κ2) is 14.5. The molecule has 0 aliphatic carbocycles. The van der Waals surface area contributed by atoms with Crippen LogP contribution in [-0.4, -0.2) is 44.3 Å². The summed E-state index contributed by atoms with van der Waals surface area (Å²) >= 11 is 6.46. The molecule has 0 aliphatic rings. The topological polar surface area (TPSA) is 86.8 Å². The van der Waals surface area contributed by atoms with Crippen molar-refractivity contribution in [2.75, 3.05) is 17.4 Å². The average molecular weight is 598 g/mol. The van der Waals surface area contributed by atoms with Gasteiger partial charge in [0.1, 0.15) is 12.6 Å². The number of carbonyl (C=O) groups is 2. The van der Waals surface area contributed by atoms with Crippen LogP contribution in [0.1, 0.15) is 55.4 Å². The van der Waals surface area contributed by atoms with Gasteiger partial charge in [-0.15, -0.1) is 0 Å². The Hall–Kier alpha value is -3.36. The summed E-state index contributed by atoms with van der Waals surface area (Å²) in [6.07, 6.45) is 2.08. The van der Waals surface area contributed by atoms with Crippen LogP contribution >= 0.6 is 11.6 Å². The third-order valence-corrected chi connectivity index (χ3v) is 9.17. The first-order valence-electron chi connectivity index (χ1n) is 14.0. The lowest BCUT2D eigenvalue weighted by atomic mass is 10.1. The number of amides is 2. The lowest BCUT2D eigenvalue weighted by Crippen LogP contribution is -2.52. The highest BCUT2D eigenvalue weighted by atomic mass is 35.5. The molecule has 2 amide bonds. The third-order valence-electron chi connectivity index (χ3n) is 7.02. The van der Waals surface area contributed by atoms with Gasteiger partial charge in [-0.25, -0.2) is 8.42 Å². The fourth-order valence-corrected chi connectivity index (χ4v) is 6.35. The fourth-order valence-electron chi connectivity index (χ4n) is 4.67. The summed E-state index contributed by atoms with van der Waals surface area (Å²) in [6.45, 7) is 9.57. The maximum Gasteiger partial charge on any atom is 0.264 e. The molecule has 0 saturated carbocycles. The van der Waals surface area contributed by atoms with Gasteiger partial charge in [0, 0.05) is 18.1 Å². The minimum absolute atomic E-state index is 0.0590. The average Bonchev–Trinajstić information content (AvgIpc) is 2.93. The zero-order valence-electron chi connectivity index (χ0n) is 24.5. The molecule has 41 heavy (non-hydrogen) atoms. The highest BCUT2D eigenvalue weighted by molar-refractivity contribution is 7.92. The van der Waals surface area contributed by atoms with E-state index in [0.717, 1.165) is 33.8 Å². The highest BCUT2D eigenvalue weighted by Crippen LogP contribution is 2.29. The first kappa shape index (κ1) is 32.2. The van der Waals surface area contributed by atoms with Crippen molar-refractivity contribution >= 4 is 39.1 Å². The maximum atomic E-state index is 14.2. The van der Waals surface area contributed by atoms with E-state index in [2.05, 4.69) is 5.32 Å². The Morgan fingerprint density at radius 2 is 1.59 bits per heavy atom. The molecular formula is C32H40ClN3O4S. The first-order chi connectivity index (χ1) is 19.5. The molecule has 3 aromatic rings. The second-order valence-corrected chi connectivity index (χ2v) is 12.6. The lowest BCUT2D eigenvalue weighted by molar-refractivity contribution is -0.140. The number of hydrogen-bond acceptors (Lipinski definition) is 4. The molecule has 3 aromatic carbocycles. The predicted molar refractivity (Wildman–Crippen MR) is 166 cm³/mol. The maximum absolute atomic E-state index is 14.2. The van der Waals surface area contributed by atoms with E-state index in [1.54, 1.807) is 48.5 Å². The van der Waals surface area contributed by atoms with Gasteiger partial charge >= 0.3 is 0 Å². The van der Waals surface area contributed by atoms with Gasteiger partial charge in [0.05, 0.1) is 10.6 Å². The van der Waals surface area contributed by atoms with Crippen LogP contribution in [0.2, 0.25) is 5.02 Å². The number of unbranched alkanes of at least 4 members (excludes halogenated alkanes) is 1. The molecule has 220 valence electrons. The Morgan fingerprint density at radius 1 is 0.927 bits per heavy atom. The summed E-state index contributed by atoms with van der Waals surface area (Å²) < 4.78 is 29.3. The molecule has 0 heterocycles. The van der Waals surface area contributed by atoms with Crippen molar-refractivity contribution in [3.05, 3.63) is 94.0 Å². The largest absolute Gasteiger partial charge is 0.354 e. The Morgan fingerprint density at radius 3 is 2.20 bits per heavy atom. The molecule has 0 bridgehead atoms. The quantitative estimate of drug-likeness (QED) is 0.238. The Kier molecular flexibility index (Phi) is 11.4. The minimum Gasteiger partial charge on any atom is -0.354 e. The Labute approximate surface area is 249 Å². The van der Waals surface area contributed by atoms with Crippen LogP contribution in [0.3, 0.4) is 0 Å². The first-order valence-corrected chi connectivity index (χ1v) is 15.8. The number of benzene rings is 3. The van der Waals surface area contributed by atoms with Crippen molar-refractivity contribution in [2.45, 2.75) is 71.4 Å². The Bertz CT molecular complexity index is 1460. The van der Waals surface area contributed by atoms with E-state index in [9.17, 15) is 18.0 Å². The molecule has 0 aromatic heterocycles. The number of nitrogens with one attached hydrogen (secondary N) is 1. The van der Waals surface area contributed by atoms with Crippen LogP contribution in [0.5, 0.6) is 0 Å². The molecule has 0 radical (unpaired) electrons. The van der Waals surface area contributed by atoms with Gasteiger partial charge in [-0.1, -0.05) is 85.5 Å². The van der Waals surface area contributed by atoms with E-state index in [1.807, 2.05) is 52.8 Å². The third kappa shape index (κ3) is 8.11. The van der Waals surface area contributed by atoms with Gasteiger partial charge in [0.2, 0.25) is 11.8 Å². The highest BCUT2D eigenvalue weighted by Gasteiger charge is 2.34. The van der Waals surface area contributed by atoms with Gasteiger partial charge < -0.3 is 10.2 Å². The van der Waals surface area contributed by atoms with E-state index >= 15 is 0 Å². The predicted octanol–water partition coefficient (Wildman–Crippen LogP) is 6.18. The fraction of sp³-hybridized carbons (Fsp3) is 0.375. The zero-order valence-corrected chi connectivity index (χ0v) is 26.1. The summed E-state index contributed by atoms with van der Waals surface area (Å²) in [5, 5.41) is 3.40. The number of hydrogen-bond donors (Lipinski definition) is 1. The van der Waals surface area contributed by atoms with Crippen LogP contribution in [0.15, 0.2) is 71.6 Å². The van der Waals surface area contributed by atoms with Gasteiger partial charge in [0.15, 0.2) is 0 Å². The van der Waals surface area contributed by atoms with Crippen LogP contribution < -0.4 is 9.62 Å². The second-order valence-electron chi connectivity index (χ2n) is 10.3. The molecule has 0 spiro atoms. The molecule has 1 atom stereocenters. The van der Waals surface area contributed by atoms with E-state index in [4.69, 9.17) is 11.6 Å². The van der Waals surface area contributed by atoms with Crippen LogP contribution in [0.25, 0.3) is 0 Å². The van der Waals surface area contributed by atoms with Crippen LogP contribution in [-0.2, 0) is 26.2 Å². The van der Waals surface area contributed by atoms with E-state index in [1.165, 1.54) is 4.90 Å². The summed E-state index contributed by atoms with van der Waals surface area (Å²) in [5.41, 5.74) is 3.68. The number of halogens is 1. The van der Waals surface area contributed by atoms with Crippen LogP contribution in [0.4, 0.5) is 5.69 Å². The minimum atomic E-state index is -4.13. The van der Waals surface area contributed by atoms with Gasteiger partial charge in [-0.3, -0.25) is 13.9 Å². The summed E-state index contributed by atoms with van der Waals surface area (Å²) in [4.78, 5) is 29.0. The van der Waals surface area contributed by atoms with Crippen molar-refractivity contribution in [1.29, 1.82) is 0 Å². The van der Waals surface area contributed by atoms with Crippen molar-refractivity contribution in [2.24, 2.45) is 0 Å². The van der Waals surface area contributed by atoms with Gasteiger partial charge in [-0.2, -0.15) is 0 Å². The Balaban J connectivity index is 2.08. The number of nitrogens with zero attached hydrogens (tertiary/aromatic N) is 2. The number of sulfonamides is 1. The van der Waals surface area contributed by atoms with Crippen molar-refractivity contribution in [3.8, 4) is 0 Å². The van der Waals surface area contributed by atoms with Crippen LogP contribution in [0, 0.1) is 20.8 Å². The van der Waals surface area contributed by atoms with Crippen molar-refractivity contribution in [1.82, 2.24) is 10.2 Å².